The number of amides is 2. The first kappa shape index (κ1) is 23.6. The largest absolute Gasteiger partial charge is 0.346 e. The Labute approximate surface area is 191 Å². The van der Waals surface area contributed by atoms with Crippen molar-refractivity contribution in [3.63, 3.8) is 0 Å². The summed E-state index contributed by atoms with van der Waals surface area (Å²) in [5.41, 5.74) is 1.71. The van der Waals surface area contributed by atoms with Crippen molar-refractivity contribution >= 4 is 38.9 Å². The van der Waals surface area contributed by atoms with Crippen LogP contribution in [0, 0.1) is 0 Å². The maximum Gasteiger partial charge on any atom is 0.251 e. The Morgan fingerprint density at radius 1 is 1.06 bits per heavy atom. The number of carbonyl (C=O) groups excluding carboxylic acids is 2. The van der Waals surface area contributed by atoms with Crippen molar-refractivity contribution in [2.24, 2.45) is 5.14 Å². The number of thiophene rings is 1. The van der Waals surface area contributed by atoms with Gasteiger partial charge in [0.2, 0.25) is 15.9 Å². The van der Waals surface area contributed by atoms with E-state index in [-0.39, 0.29) is 22.8 Å². The first-order valence-corrected chi connectivity index (χ1v) is 12.5. The van der Waals surface area contributed by atoms with Crippen LogP contribution in [0.1, 0.15) is 46.6 Å². The molecule has 0 aliphatic rings. The van der Waals surface area contributed by atoms with Gasteiger partial charge in [-0.2, -0.15) is 0 Å². The Balaban J connectivity index is 1.55. The molecule has 1 unspecified atom stereocenters. The molecule has 0 saturated carbocycles. The van der Waals surface area contributed by atoms with Crippen LogP contribution in [-0.2, 0) is 21.2 Å². The molecule has 0 bridgehead atoms. The molecule has 0 aliphatic heterocycles. The number of sulfonamides is 1. The van der Waals surface area contributed by atoms with Gasteiger partial charge in [-0.25, -0.2) is 13.6 Å². The number of carbonyl (C=O) groups is 2. The molecule has 3 rings (SSSR count). The molecule has 1 atom stereocenters. The second kappa shape index (κ2) is 10.5. The molecule has 2 amide bonds. The van der Waals surface area contributed by atoms with E-state index in [0.717, 1.165) is 18.4 Å². The lowest BCUT2D eigenvalue weighted by Gasteiger charge is -2.15. The third-order valence-corrected chi connectivity index (χ3v) is 6.74. The Kier molecular flexibility index (Phi) is 7.79. The van der Waals surface area contributed by atoms with Crippen molar-refractivity contribution in [3.8, 4) is 0 Å². The van der Waals surface area contributed by atoms with Crippen molar-refractivity contribution in [3.05, 3.63) is 82.0 Å². The Morgan fingerprint density at radius 3 is 2.47 bits per heavy atom. The molecular weight excluding hydrogens is 446 g/mol. The summed E-state index contributed by atoms with van der Waals surface area (Å²) < 4.78 is 22.8. The van der Waals surface area contributed by atoms with Crippen LogP contribution in [0.15, 0.2) is 70.9 Å². The zero-order valence-corrected chi connectivity index (χ0v) is 19.2. The summed E-state index contributed by atoms with van der Waals surface area (Å²) in [6, 6.07) is 16.5. The van der Waals surface area contributed by atoms with E-state index in [1.807, 2.05) is 11.4 Å². The lowest BCUT2D eigenvalue weighted by Crippen LogP contribution is -2.26. The fourth-order valence-electron chi connectivity index (χ4n) is 3.15. The molecule has 0 aliphatic carbocycles. The maximum atomic E-state index is 12.7. The minimum atomic E-state index is -3.76. The fraction of sp³-hybridized carbons (Fsp3) is 0.217. The van der Waals surface area contributed by atoms with E-state index in [4.69, 9.17) is 5.14 Å². The van der Waals surface area contributed by atoms with Crippen LogP contribution in [0.5, 0.6) is 0 Å². The van der Waals surface area contributed by atoms with E-state index >= 15 is 0 Å². The molecule has 32 heavy (non-hydrogen) atoms. The number of nitrogens with two attached hydrogens (primary N) is 1. The molecule has 168 valence electrons. The van der Waals surface area contributed by atoms with Crippen molar-refractivity contribution in [1.29, 1.82) is 0 Å². The first-order chi connectivity index (χ1) is 15.2. The summed E-state index contributed by atoms with van der Waals surface area (Å²) in [5.74, 6) is -0.399. The van der Waals surface area contributed by atoms with E-state index in [0.29, 0.717) is 17.7 Å². The topological polar surface area (TPSA) is 118 Å². The molecule has 7 nitrogen and oxygen atoms in total. The summed E-state index contributed by atoms with van der Waals surface area (Å²) in [6.45, 7) is 1.79. The number of rotatable bonds is 9. The summed E-state index contributed by atoms with van der Waals surface area (Å²) in [6.07, 6.45) is 2.03. The highest BCUT2D eigenvalue weighted by Crippen LogP contribution is 2.18. The number of nitrogens with one attached hydrogen (secondary N) is 2. The van der Waals surface area contributed by atoms with Crippen molar-refractivity contribution in [2.75, 3.05) is 5.32 Å². The Bertz CT molecular complexity index is 1170. The first-order valence-electron chi connectivity index (χ1n) is 10.1. The predicted molar refractivity (Wildman–Crippen MR) is 126 cm³/mol. The van der Waals surface area contributed by atoms with Crippen molar-refractivity contribution < 1.29 is 18.0 Å². The third-order valence-electron chi connectivity index (χ3n) is 4.87. The number of hydrogen-bond acceptors (Lipinski definition) is 5. The van der Waals surface area contributed by atoms with Crippen LogP contribution in [0.25, 0.3) is 0 Å². The van der Waals surface area contributed by atoms with Gasteiger partial charge in [-0.05, 0) is 67.1 Å². The number of primary sulfonamides is 1. The number of aryl methyl sites for hydroxylation is 1. The van der Waals surface area contributed by atoms with Gasteiger partial charge in [-0.3, -0.25) is 9.59 Å². The van der Waals surface area contributed by atoms with Gasteiger partial charge < -0.3 is 10.6 Å². The van der Waals surface area contributed by atoms with E-state index in [2.05, 4.69) is 16.7 Å². The zero-order valence-electron chi connectivity index (χ0n) is 17.6. The monoisotopic (exact) mass is 471 g/mol. The van der Waals surface area contributed by atoms with Crippen LogP contribution in [0.4, 0.5) is 5.69 Å². The normalized spacial score (nSPS) is 12.2. The zero-order chi connectivity index (χ0) is 23.1. The Hall–Kier alpha value is -3.01. The van der Waals surface area contributed by atoms with Gasteiger partial charge in [-0.15, -0.1) is 11.3 Å². The van der Waals surface area contributed by atoms with Gasteiger partial charge in [0.25, 0.3) is 5.91 Å². The molecule has 0 radical (unpaired) electrons. The molecular formula is C23H25N3O4S2. The number of hydrogen-bond donors (Lipinski definition) is 3. The molecule has 1 aromatic heterocycles. The second-order valence-electron chi connectivity index (χ2n) is 7.37. The van der Waals surface area contributed by atoms with Gasteiger partial charge in [0.1, 0.15) is 0 Å². The quantitative estimate of drug-likeness (QED) is 0.439. The summed E-state index contributed by atoms with van der Waals surface area (Å²) >= 11 is 1.68. The standard InChI is InChI=1S/C23H25N3O4S2/c1-16(17-10-12-21(13-11-17)32(24,29)30)25-23(28)18-5-2-6-19(15-18)26-22(27)9-3-7-20-8-4-14-31-20/h2,4-6,8,10-16H,3,7,9H2,1H3,(H,25,28)(H,26,27)(H2,24,29,30). The molecule has 0 saturated heterocycles. The summed E-state index contributed by atoms with van der Waals surface area (Å²) in [7, 11) is -3.76. The fourth-order valence-corrected chi connectivity index (χ4v) is 4.42. The minimum Gasteiger partial charge on any atom is -0.346 e. The molecule has 4 N–H and O–H groups in total. The van der Waals surface area contributed by atoms with Crippen molar-refractivity contribution in [2.45, 2.75) is 37.1 Å². The highest BCUT2D eigenvalue weighted by molar-refractivity contribution is 7.89. The van der Waals surface area contributed by atoms with Crippen LogP contribution < -0.4 is 15.8 Å². The van der Waals surface area contributed by atoms with Crippen molar-refractivity contribution in [1.82, 2.24) is 5.32 Å². The SMILES string of the molecule is CC(NC(=O)c1cccc(NC(=O)CCCc2cccs2)c1)c1ccc(S(N)(=O)=O)cc1. The average Bonchev–Trinajstić information content (AvgIpc) is 3.27. The number of anilines is 1. The molecule has 1 heterocycles. The van der Waals surface area contributed by atoms with Gasteiger partial charge >= 0.3 is 0 Å². The Morgan fingerprint density at radius 2 is 1.81 bits per heavy atom. The third kappa shape index (κ3) is 6.74. The predicted octanol–water partition coefficient (Wildman–Crippen LogP) is 3.85. The molecule has 0 spiro atoms. The smallest absolute Gasteiger partial charge is 0.251 e. The maximum absolute atomic E-state index is 12.7. The lowest BCUT2D eigenvalue weighted by atomic mass is 10.1. The average molecular weight is 472 g/mol. The van der Waals surface area contributed by atoms with E-state index in [1.165, 1.54) is 17.0 Å². The van der Waals surface area contributed by atoms with Gasteiger partial charge in [0, 0.05) is 22.5 Å². The van der Waals surface area contributed by atoms with Crippen LogP contribution >= 0.6 is 11.3 Å². The summed E-state index contributed by atoms with van der Waals surface area (Å²) in [5, 5.41) is 12.8. The van der Waals surface area contributed by atoms with Crippen LogP contribution in [0.2, 0.25) is 0 Å². The van der Waals surface area contributed by atoms with E-state index < -0.39 is 10.0 Å². The molecule has 2 aromatic carbocycles. The molecule has 0 fully saturated rings. The highest BCUT2D eigenvalue weighted by atomic mass is 32.2. The molecule has 9 heteroatoms. The van der Waals surface area contributed by atoms with E-state index in [9.17, 15) is 18.0 Å². The molecule has 3 aromatic rings. The van der Waals surface area contributed by atoms with Crippen LogP contribution in [-0.4, -0.2) is 20.2 Å². The summed E-state index contributed by atoms with van der Waals surface area (Å²) in [4.78, 5) is 26.1. The van der Waals surface area contributed by atoms with Gasteiger partial charge in [0.05, 0.1) is 10.9 Å². The van der Waals surface area contributed by atoms with E-state index in [1.54, 1.807) is 54.7 Å². The minimum absolute atomic E-state index is 0.0126. The lowest BCUT2D eigenvalue weighted by molar-refractivity contribution is -0.116. The van der Waals surface area contributed by atoms with Gasteiger partial charge in [0.15, 0.2) is 0 Å². The van der Waals surface area contributed by atoms with Gasteiger partial charge in [-0.1, -0.05) is 24.3 Å². The van der Waals surface area contributed by atoms with Crippen LogP contribution in [0.3, 0.4) is 0 Å². The number of benzene rings is 2. The second-order valence-corrected chi connectivity index (χ2v) is 9.96. The highest BCUT2D eigenvalue weighted by Gasteiger charge is 2.14.